The summed E-state index contributed by atoms with van der Waals surface area (Å²) in [6, 6.07) is 20.3. The van der Waals surface area contributed by atoms with E-state index in [2.05, 4.69) is 46.4 Å². The number of carbonyl (C=O) groups is 2. The molecule has 2 heterocycles. The summed E-state index contributed by atoms with van der Waals surface area (Å²) in [5, 5.41) is 10.1. The first kappa shape index (κ1) is 30.7. The van der Waals surface area contributed by atoms with Gasteiger partial charge in [-0.3, -0.25) is 14.5 Å². The molecular formula is C34H39N5O5. The Hall–Kier alpha value is -4.70. The van der Waals surface area contributed by atoms with Crippen molar-refractivity contribution in [3.8, 4) is 22.9 Å². The second kappa shape index (κ2) is 13.3. The Bertz CT molecular complexity index is 1600. The first-order chi connectivity index (χ1) is 21.1. The van der Waals surface area contributed by atoms with Crippen molar-refractivity contribution in [2.24, 2.45) is 5.92 Å². The number of piperidine rings is 1. The molecule has 230 valence electrons. The lowest BCUT2D eigenvalue weighted by Crippen LogP contribution is -2.37. The molecule has 10 heteroatoms. The Morgan fingerprint density at radius 2 is 1.59 bits per heavy atom. The second-order valence-electron chi connectivity index (χ2n) is 12.0. The summed E-state index contributed by atoms with van der Waals surface area (Å²) < 4.78 is 16.2. The quantitative estimate of drug-likeness (QED) is 0.236. The van der Waals surface area contributed by atoms with Gasteiger partial charge in [0.1, 0.15) is 0 Å². The Kier molecular flexibility index (Phi) is 9.29. The fourth-order valence-electron chi connectivity index (χ4n) is 5.20. The molecule has 0 spiro atoms. The number of anilines is 2. The van der Waals surface area contributed by atoms with Crippen molar-refractivity contribution in [3.63, 3.8) is 0 Å². The van der Waals surface area contributed by atoms with Crippen LogP contribution >= 0.6 is 0 Å². The number of likely N-dealkylation sites (tertiary alicyclic amines) is 1. The number of rotatable bonds is 9. The highest BCUT2D eigenvalue weighted by molar-refractivity contribution is 6.04. The van der Waals surface area contributed by atoms with Crippen LogP contribution in [0.4, 0.5) is 11.4 Å². The largest absolute Gasteiger partial charge is 0.493 e. The van der Waals surface area contributed by atoms with Crippen LogP contribution < -0.4 is 20.1 Å². The average molecular weight is 598 g/mol. The van der Waals surface area contributed by atoms with Gasteiger partial charge in [0.05, 0.1) is 20.8 Å². The van der Waals surface area contributed by atoms with Gasteiger partial charge in [-0.25, -0.2) is 0 Å². The zero-order valence-corrected chi connectivity index (χ0v) is 25.8. The standard InChI is InChI=1S/C34H39N5O5/c1-34(2,3)25-12-9-22(10-13-25)32(40)35-26-7-6-8-27(20-26)36-33(41)23-15-17-39(18-16-23)21-30-37-31(38-44-30)24-11-14-28(42-4)29(19-24)43-5/h6-14,19-20,23H,15-18,21H2,1-5H3,(H,35,40)(H,36,41). The van der Waals surface area contributed by atoms with Crippen LogP contribution in [0.5, 0.6) is 11.5 Å². The number of nitrogens with one attached hydrogen (secondary N) is 2. The lowest BCUT2D eigenvalue weighted by atomic mass is 9.87. The SMILES string of the molecule is COc1ccc(-c2noc(CN3CCC(C(=O)Nc4cccc(NC(=O)c5ccc(C(C)(C)C)cc5)c4)CC3)n2)cc1OC. The predicted octanol–water partition coefficient (Wildman–Crippen LogP) is 6.15. The van der Waals surface area contributed by atoms with E-state index in [1.54, 1.807) is 26.4 Å². The fourth-order valence-corrected chi connectivity index (χ4v) is 5.20. The van der Waals surface area contributed by atoms with Crippen molar-refractivity contribution in [1.82, 2.24) is 15.0 Å². The lowest BCUT2D eigenvalue weighted by Gasteiger charge is -2.30. The predicted molar refractivity (Wildman–Crippen MR) is 169 cm³/mol. The van der Waals surface area contributed by atoms with Gasteiger partial charge in [-0.15, -0.1) is 0 Å². The number of methoxy groups -OCH3 is 2. The average Bonchev–Trinajstić information content (AvgIpc) is 3.49. The molecule has 1 saturated heterocycles. The van der Waals surface area contributed by atoms with E-state index in [1.807, 2.05) is 54.6 Å². The van der Waals surface area contributed by atoms with Gasteiger partial charge >= 0.3 is 0 Å². The summed E-state index contributed by atoms with van der Waals surface area (Å²) >= 11 is 0. The highest BCUT2D eigenvalue weighted by Crippen LogP contribution is 2.31. The van der Waals surface area contributed by atoms with Gasteiger partial charge in [-0.2, -0.15) is 4.98 Å². The lowest BCUT2D eigenvalue weighted by molar-refractivity contribution is -0.121. The topological polar surface area (TPSA) is 119 Å². The Morgan fingerprint density at radius 3 is 2.25 bits per heavy atom. The second-order valence-corrected chi connectivity index (χ2v) is 12.0. The maximum absolute atomic E-state index is 13.1. The van der Waals surface area contributed by atoms with Crippen LogP contribution in [-0.2, 0) is 16.8 Å². The minimum atomic E-state index is -0.196. The molecule has 0 aliphatic carbocycles. The van der Waals surface area contributed by atoms with E-state index in [0.717, 1.165) is 18.7 Å². The highest BCUT2D eigenvalue weighted by Gasteiger charge is 2.26. The molecule has 0 radical (unpaired) electrons. The molecule has 10 nitrogen and oxygen atoms in total. The molecule has 44 heavy (non-hydrogen) atoms. The first-order valence-corrected chi connectivity index (χ1v) is 14.7. The van der Waals surface area contributed by atoms with Crippen molar-refractivity contribution in [3.05, 3.63) is 83.7 Å². The molecule has 5 rings (SSSR count). The van der Waals surface area contributed by atoms with Gasteiger partial charge in [0, 0.05) is 28.4 Å². The van der Waals surface area contributed by atoms with Crippen molar-refractivity contribution in [2.75, 3.05) is 37.9 Å². The molecule has 1 aromatic heterocycles. The van der Waals surface area contributed by atoms with E-state index in [-0.39, 0.29) is 23.1 Å². The van der Waals surface area contributed by atoms with Crippen molar-refractivity contribution in [2.45, 2.75) is 45.6 Å². The minimum absolute atomic E-state index is 0.0180. The molecule has 4 aromatic rings. The molecule has 1 aliphatic heterocycles. The Morgan fingerprint density at radius 1 is 0.909 bits per heavy atom. The number of benzene rings is 3. The zero-order valence-electron chi connectivity index (χ0n) is 25.8. The number of nitrogens with zero attached hydrogens (tertiary/aromatic N) is 3. The number of aromatic nitrogens is 2. The molecule has 0 unspecified atom stereocenters. The van der Waals surface area contributed by atoms with Gasteiger partial charge in [-0.1, -0.05) is 44.1 Å². The molecule has 0 bridgehead atoms. The van der Waals surface area contributed by atoms with Crippen LogP contribution in [0.2, 0.25) is 0 Å². The number of hydrogen-bond acceptors (Lipinski definition) is 8. The smallest absolute Gasteiger partial charge is 0.255 e. The third-order valence-electron chi connectivity index (χ3n) is 7.83. The van der Waals surface area contributed by atoms with E-state index in [0.29, 0.717) is 59.5 Å². The fraction of sp³-hybridized carbons (Fsp3) is 0.353. The molecule has 3 aromatic carbocycles. The van der Waals surface area contributed by atoms with Gasteiger partial charge in [-0.05, 0) is 85.4 Å². The van der Waals surface area contributed by atoms with Gasteiger partial charge in [0.2, 0.25) is 17.6 Å². The Labute approximate surface area is 257 Å². The van der Waals surface area contributed by atoms with E-state index in [4.69, 9.17) is 14.0 Å². The number of ether oxygens (including phenoxy) is 2. The summed E-state index contributed by atoms with van der Waals surface area (Å²) in [6.07, 6.45) is 1.42. The molecular weight excluding hydrogens is 558 g/mol. The minimum Gasteiger partial charge on any atom is -0.493 e. The summed E-state index contributed by atoms with van der Waals surface area (Å²) in [7, 11) is 3.17. The molecule has 1 aliphatic rings. The molecule has 0 atom stereocenters. The summed E-state index contributed by atoms with van der Waals surface area (Å²) in [6.45, 7) is 8.39. The molecule has 0 saturated carbocycles. The van der Waals surface area contributed by atoms with Gasteiger partial charge < -0.3 is 24.6 Å². The number of carbonyl (C=O) groups excluding carboxylic acids is 2. The molecule has 1 fully saturated rings. The molecule has 2 N–H and O–H groups in total. The van der Waals surface area contributed by atoms with Crippen LogP contribution in [0, 0.1) is 5.92 Å². The van der Waals surface area contributed by atoms with Crippen molar-refractivity contribution < 1.29 is 23.6 Å². The van der Waals surface area contributed by atoms with Crippen LogP contribution in [0.3, 0.4) is 0 Å². The molecule has 2 amide bonds. The van der Waals surface area contributed by atoms with E-state index >= 15 is 0 Å². The van der Waals surface area contributed by atoms with Crippen molar-refractivity contribution in [1.29, 1.82) is 0 Å². The van der Waals surface area contributed by atoms with Crippen LogP contribution in [0.15, 0.2) is 71.3 Å². The monoisotopic (exact) mass is 597 g/mol. The van der Waals surface area contributed by atoms with Gasteiger partial charge in [0.25, 0.3) is 5.91 Å². The van der Waals surface area contributed by atoms with Crippen molar-refractivity contribution >= 4 is 23.2 Å². The van der Waals surface area contributed by atoms with E-state index in [9.17, 15) is 9.59 Å². The summed E-state index contributed by atoms with van der Waals surface area (Å²) in [5.41, 5.74) is 3.80. The normalized spacial score (nSPS) is 14.2. The van der Waals surface area contributed by atoms with Gasteiger partial charge in [0.15, 0.2) is 11.5 Å². The van der Waals surface area contributed by atoms with Crippen LogP contribution in [0.1, 0.15) is 55.4 Å². The van der Waals surface area contributed by atoms with Crippen LogP contribution in [0.25, 0.3) is 11.4 Å². The third kappa shape index (κ3) is 7.44. The maximum Gasteiger partial charge on any atom is 0.255 e. The zero-order chi connectivity index (χ0) is 31.3. The third-order valence-corrected chi connectivity index (χ3v) is 7.83. The van der Waals surface area contributed by atoms with Crippen LogP contribution in [-0.4, -0.2) is 54.2 Å². The Balaban J connectivity index is 1.11. The van der Waals surface area contributed by atoms with E-state index < -0.39 is 0 Å². The van der Waals surface area contributed by atoms with E-state index in [1.165, 1.54) is 5.56 Å². The maximum atomic E-state index is 13.1. The number of amides is 2. The highest BCUT2D eigenvalue weighted by atomic mass is 16.5. The number of hydrogen-bond donors (Lipinski definition) is 2. The summed E-state index contributed by atoms with van der Waals surface area (Å²) in [4.78, 5) is 32.7. The summed E-state index contributed by atoms with van der Waals surface area (Å²) in [5.74, 6) is 1.88. The first-order valence-electron chi connectivity index (χ1n) is 14.7.